The van der Waals surface area contributed by atoms with Crippen molar-refractivity contribution < 1.29 is 9.90 Å². The fourth-order valence-electron chi connectivity index (χ4n) is 1.23. The van der Waals surface area contributed by atoms with Crippen LogP contribution in [0.25, 0.3) is 0 Å². The van der Waals surface area contributed by atoms with Crippen molar-refractivity contribution in [3.63, 3.8) is 0 Å². The molecule has 0 unspecified atom stereocenters. The van der Waals surface area contributed by atoms with Crippen molar-refractivity contribution in [2.45, 2.75) is 19.3 Å². The molecule has 1 aromatic heterocycles. The predicted molar refractivity (Wildman–Crippen MR) is 62.5 cm³/mol. The third-order valence-electron chi connectivity index (χ3n) is 2.11. The number of hydrogen-bond acceptors (Lipinski definition) is 3. The number of aromatic nitrogens is 1. The summed E-state index contributed by atoms with van der Waals surface area (Å²) < 4.78 is 0. The SMILES string of the molecule is O=C(NCCCCCO)c1ccc(Cl)nc1. The van der Waals surface area contributed by atoms with Crippen LogP contribution >= 0.6 is 11.6 Å². The molecule has 0 spiro atoms. The van der Waals surface area contributed by atoms with E-state index in [1.54, 1.807) is 12.1 Å². The van der Waals surface area contributed by atoms with Crippen molar-refractivity contribution in [3.8, 4) is 0 Å². The fourth-order valence-corrected chi connectivity index (χ4v) is 1.34. The van der Waals surface area contributed by atoms with Gasteiger partial charge in [0.25, 0.3) is 5.91 Å². The summed E-state index contributed by atoms with van der Waals surface area (Å²) in [5.41, 5.74) is 0.506. The number of carbonyl (C=O) groups excluding carboxylic acids is 1. The Hall–Kier alpha value is -1.13. The van der Waals surface area contributed by atoms with Crippen LogP contribution in [0.2, 0.25) is 5.15 Å². The van der Waals surface area contributed by atoms with E-state index in [0.717, 1.165) is 19.3 Å². The Morgan fingerprint density at radius 1 is 1.38 bits per heavy atom. The molecule has 0 saturated carbocycles. The van der Waals surface area contributed by atoms with Gasteiger partial charge in [-0.3, -0.25) is 4.79 Å². The molecule has 0 bridgehead atoms. The molecule has 1 rings (SSSR count). The van der Waals surface area contributed by atoms with Crippen LogP contribution in [0.5, 0.6) is 0 Å². The van der Waals surface area contributed by atoms with E-state index in [4.69, 9.17) is 16.7 Å². The number of pyridine rings is 1. The van der Waals surface area contributed by atoms with Gasteiger partial charge in [-0.1, -0.05) is 11.6 Å². The second-order valence-corrected chi connectivity index (χ2v) is 3.80. The molecule has 4 nitrogen and oxygen atoms in total. The van der Waals surface area contributed by atoms with Gasteiger partial charge in [0.1, 0.15) is 5.15 Å². The summed E-state index contributed by atoms with van der Waals surface area (Å²) in [5.74, 6) is -0.145. The van der Waals surface area contributed by atoms with Gasteiger partial charge in [0.15, 0.2) is 0 Å². The summed E-state index contributed by atoms with van der Waals surface area (Å²) in [6.45, 7) is 0.816. The molecule has 0 aliphatic heterocycles. The maximum Gasteiger partial charge on any atom is 0.252 e. The predicted octanol–water partition coefficient (Wildman–Crippen LogP) is 1.63. The first-order chi connectivity index (χ1) is 7.74. The summed E-state index contributed by atoms with van der Waals surface area (Å²) in [4.78, 5) is 15.4. The Kier molecular flexibility index (Phi) is 5.82. The molecule has 0 atom stereocenters. The van der Waals surface area contributed by atoms with E-state index >= 15 is 0 Å². The largest absolute Gasteiger partial charge is 0.396 e. The Morgan fingerprint density at radius 3 is 2.81 bits per heavy atom. The smallest absolute Gasteiger partial charge is 0.252 e. The summed E-state index contributed by atoms with van der Waals surface area (Å²) in [6, 6.07) is 3.22. The fraction of sp³-hybridized carbons (Fsp3) is 0.455. The number of nitrogens with zero attached hydrogens (tertiary/aromatic N) is 1. The van der Waals surface area contributed by atoms with Gasteiger partial charge in [-0.05, 0) is 31.4 Å². The summed E-state index contributed by atoms with van der Waals surface area (Å²) in [5, 5.41) is 11.7. The van der Waals surface area contributed by atoms with Crippen LogP contribution in [0, 0.1) is 0 Å². The molecule has 0 fully saturated rings. The molecular weight excluding hydrogens is 228 g/mol. The third kappa shape index (κ3) is 4.59. The zero-order valence-electron chi connectivity index (χ0n) is 8.95. The van der Waals surface area contributed by atoms with Crippen LogP contribution in [0.15, 0.2) is 18.3 Å². The summed E-state index contributed by atoms with van der Waals surface area (Å²) >= 11 is 5.61. The standard InChI is InChI=1S/C11H15ClN2O2/c12-10-5-4-9(8-14-10)11(16)13-6-2-1-3-7-15/h4-5,8,15H,1-3,6-7H2,(H,13,16). The van der Waals surface area contributed by atoms with E-state index in [1.807, 2.05) is 0 Å². The van der Waals surface area contributed by atoms with E-state index in [-0.39, 0.29) is 12.5 Å². The quantitative estimate of drug-likeness (QED) is 0.589. The average Bonchev–Trinajstić information content (AvgIpc) is 2.29. The summed E-state index contributed by atoms with van der Waals surface area (Å²) in [6.07, 6.45) is 4.01. The normalized spacial score (nSPS) is 10.1. The average molecular weight is 243 g/mol. The maximum atomic E-state index is 11.5. The molecule has 16 heavy (non-hydrogen) atoms. The maximum absolute atomic E-state index is 11.5. The highest BCUT2D eigenvalue weighted by Crippen LogP contribution is 2.05. The van der Waals surface area contributed by atoms with Crippen molar-refractivity contribution in [2.75, 3.05) is 13.2 Å². The summed E-state index contributed by atoms with van der Waals surface area (Å²) in [7, 11) is 0. The minimum absolute atomic E-state index is 0.145. The number of carbonyl (C=O) groups is 1. The molecule has 0 aromatic carbocycles. The molecule has 0 saturated heterocycles. The Morgan fingerprint density at radius 2 is 2.19 bits per heavy atom. The lowest BCUT2D eigenvalue weighted by Crippen LogP contribution is -2.24. The van der Waals surface area contributed by atoms with Crippen LogP contribution in [0.3, 0.4) is 0 Å². The van der Waals surface area contributed by atoms with Gasteiger partial charge in [0, 0.05) is 19.3 Å². The first kappa shape index (κ1) is 12.9. The minimum atomic E-state index is -0.145. The second kappa shape index (κ2) is 7.19. The molecule has 1 amide bonds. The Bertz CT molecular complexity index is 327. The Labute approximate surface area is 99.6 Å². The van der Waals surface area contributed by atoms with Gasteiger partial charge in [0.2, 0.25) is 0 Å². The molecule has 0 aliphatic rings. The van der Waals surface area contributed by atoms with Crippen molar-refractivity contribution in [3.05, 3.63) is 29.0 Å². The highest BCUT2D eigenvalue weighted by atomic mass is 35.5. The topological polar surface area (TPSA) is 62.2 Å². The van der Waals surface area contributed by atoms with E-state index < -0.39 is 0 Å². The second-order valence-electron chi connectivity index (χ2n) is 3.41. The molecular formula is C11H15ClN2O2. The van der Waals surface area contributed by atoms with Gasteiger partial charge >= 0.3 is 0 Å². The van der Waals surface area contributed by atoms with Crippen LogP contribution in [-0.4, -0.2) is 29.1 Å². The number of halogens is 1. The van der Waals surface area contributed by atoms with Gasteiger partial charge in [-0.2, -0.15) is 0 Å². The number of amides is 1. The first-order valence-corrected chi connectivity index (χ1v) is 5.62. The lowest BCUT2D eigenvalue weighted by Gasteiger charge is -2.04. The zero-order valence-corrected chi connectivity index (χ0v) is 9.70. The van der Waals surface area contributed by atoms with Crippen molar-refractivity contribution in [1.82, 2.24) is 10.3 Å². The molecule has 88 valence electrons. The molecule has 1 heterocycles. The van der Waals surface area contributed by atoms with Gasteiger partial charge in [-0.15, -0.1) is 0 Å². The lowest BCUT2D eigenvalue weighted by molar-refractivity contribution is 0.0952. The highest BCUT2D eigenvalue weighted by molar-refractivity contribution is 6.29. The highest BCUT2D eigenvalue weighted by Gasteiger charge is 2.04. The number of nitrogens with one attached hydrogen (secondary N) is 1. The number of rotatable bonds is 6. The third-order valence-corrected chi connectivity index (χ3v) is 2.33. The molecule has 2 N–H and O–H groups in total. The van der Waals surface area contributed by atoms with Gasteiger partial charge in [0.05, 0.1) is 5.56 Å². The molecule has 0 aliphatic carbocycles. The monoisotopic (exact) mass is 242 g/mol. The Balaban J connectivity index is 2.27. The van der Waals surface area contributed by atoms with Crippen LogP contribution in [0.1, 0.15) is 29.6 Å². The zero-order chi connectivity index (χ0) is 11.8. The lowest BCUT2D eigenvalue weighted by atomic mass is 10.2. The van der Waals surface area contributed by atoms with E-state index in [0.29, 0.717) is 17.3 Å². The first-order valence-electron chi connectivity index (χ1n) is 5.24. The molecule has 1 aromatic rings. The minimum Gasteiger partial charge on any atom is -0.396 e. The van der Waals surface area contributed by atoms with Crippen molar-refractivity contribution in [2.24, 2.45) is 0 Å². The van der Waals surface area contributed by atoms with Crippen molar-refractivity contribution in [1.29, 1.82) is 0 Å². The van der Waals surface area contributed by atoms with E-state index in [9.17, 15) is 4.79 Å². The van der Waals surface area contributed by atoms with Crippen LogP contribution in [0.4, 0.5) is 0 Å². The van der Waals surface area contributed by atoms with Crippen molar-refractivity contribution >= 4 is 17.5 Å². The van der Waals surface area contributed by atoms with Gasteiger partial charge < -0.3 is 10.4 Å². The number of unbranched alkanes of at least 4 members (excludes halogenated alkanes) is 2. The number of aliphatic hydroxyl groups is 1. The number of hydrogen-bond donors (Lipinski definition) is 2. The van der Waals surface area contributed by atoms with E-state index in [1.165, 1.54) is 6.20 Å². The van der Waals surface area contributed by atoms with Crippen LogP contribution < -0.4 is 5.32 Å². The molecule has 0 radical (unpaired) electrons. The number of aliphatic hydroxyl groups excluding tert-OH is 1. The van der Waals surface area contributed by atoms with Gasteiger partial charge in [-0.25, -0.2) is 4.98 Å². The molecule has 5 heteroatoms. The van der Waals surface area contributed by atoms with Crippen LogP contribution in [-0.2, 0) is 0 Å². The van der Waals surface area contributed by atoms with E-state index in [2.05, 4.69) is 10.3 Å².